The van der Waals surface area contributed by atoms with Crippen LogP contribution in [0.25, 0.3) is 0 Å². The van der Waals surface area contributed by atoms with Crippen molar-refractivity contribution in [2.24, 2.45) is 69.5 Å². The molecular formula is C34H47AlCl3P3. The Labute approximate surface area is 267 Å². The van der Waals surface area contributed by atoms with Crippen molar-refractivity contribution in [3.8, 4) is 0 Å². The SMILES string of the molecule is [Cl][Al-]([Cl])([Cl])[C]1(C23CC4CC(CC(C4)C2)C3)P=C(C23CC4CC(CC(C4)C2)C3)[P+]12P=C2CC12CC3CC(CC(C3)C1)C2. The molecule has 2 aliphatic heterocycles. The highest BCUT2D eigenvalue weighted by atomic mass is 35.8. The first-order valence-electron chi connectivity index (χ1n) is 17.9. The molecule has 0 radical (unpaired) electrons. The quantitative estimate of drug-likeness (QED) is 0.200. The highest BCUT2D eigenvalue weighted by Gasteiger charge is 2.90. The summed E-state index contributed by atoms with van der Waals surface area (Å²) in [6.45, 7) is -1.50. The second kappa shape index (κ2) is 8.41. The highest BCUT2D eigenvalue weighted by molar-refractivity contribution is 8.68. The van der Waals surface area contributed by atoms with E-state index in [1.807, 2.05) is 0 Å². The Morgan fingerprint density at radius 1 is 0.585 bits per heavy atom. The Hall–Kier alpha value is 2.17. The van der Waals surface area contributed by atoms with Crippen LogP contribution in [0.15, 0.2) is 0 Å². The minimum absolute atomic E-state index is 0.117. The van der Waals surface area contributed by atoms with Gasteiger partial charge in [-0.25, -0.2) is 0 Å². The summed E-state index contributed by atoms with van der Waals surface area (Å²) in [5, 5.41) is 4.18. The van der Waals surface area contributed by atoms with Crippen LogP contribution < -0.4 is 0 Å². The molecule has 14 rings (SSSR count). The molecule has 0 nitrogen and oxygen atoms in total. The van der Waals surface area contributed by atoms with Crippen LogP contribution in [0.3, 0.4) is 0 Å². The van der Waals surface area contributed by atoms with E-state index >= 15 is 0 Å². The number of rotatable bonds is 5. The van der Waals surface area contributed by atoms with Gasteiger partial charge in [0.25, 0.3) is 0 Å². The van der Waals surface area contributed by atoms with Crippen LogP contribution in [0.1, 0.15) is 122 Å². The van der Waals surface area contributed by atoms with Crippen LogP contribution in [-0.4, -0.2) is 24.1 Å². The van der Waals surface area contributed by atoms with E-state index in [1.165, 1.54) is 64.2 Å². The lowest BCUT2D eigenvalue weighted by Gasteiger charge is -2.70. The molecule has 12 bridgehead atoms. The van der Waals surface area contributed by atoms with Gasteiger partial charge in [0, 0.05) is 11.8 Å². The molecule has 12 fully saturated rings. The van der Waals surface area contributed by atoms with Gasteiger partial charge < -0.3 is 30.1 Å². The number of halogens is 3. The molecule has 0 aromatic heterocycles. The molecule has 0 aromatic carbocycles. The molecule has 12 aliphatic carbocycles. The fourth-order valence-corrected chi connectivity index (χ4v) is 48.8. The van der Waals surface area contributed by atoms with E-state index in [9.17, 15) is 0 Å². The maximum absolute atomic E-state index is 7.75. The molecule has 1 spiro atoms. The Morgan fingerprint density at radius 2 is 0.976 bits per heavy atom. The van der Waals surface area contributed by atoms with Crippen LogP contribution in [0.4, 0.5) is 0 Å². The average Bonchev–Trinajstić information content (AvgIpc) is 3.55. The largest absolute Gasteiger partial charge is 0.509 e. The Balaban J connectivity index is 1.05. The third kappa shape index (κ3) is 3.41. The van der Waals surface area contributed by atoms with Crippen molar-refractivity contribution in [3.63, 3.8) is 0 Å². The number of hydrogen-bond acceptors (Lipinski definition) is 0. The van der Waals surface area contributed by atoms with Crippen molar-refractivity contribution in [3.05, 3.63) is 0 Å². The predicted molar refractivity (Wildman–Crippen MR) is 183 cm³/mol. The predicted octanol–water partition coefficient (Wildman–Crippen LogP) is 12.0. The summed E-state index contributed by atoms with van der Waals surface area (Å²) in [5.74, 6) is 9.07. The molecule has 14 aliphatic rings. The van der Waals surface area contributed by atoms with Gasteiger partial charge in [0.2, 0.25) is 0 Å². The van der Waals surface area contributed by atoms with Crippen molar-refractivity contribution in [1.29, 1.82) is 0 Å². The third-order valence-corrected chi connectivity index (χ3v) is 41.0. The van der Waals surface area contributed by atoms with E-state index in [1.54, 1.807) is 73.9 Å². The van der Waals surface area contributed by atoms with Crippen LogP contribution >= 0.6 is 53.2 Å². The van der Waals surface area contributed by atoms with Crippen molar-refractivity contribution in [2.75, 3.05) is 0 Å². The molecule has 0 amide bonds. The molecule has 2 atom stereocenters. The molecule has 12 saturated carbocycles. The molecule has 2 unspecified atom stereocenters. The van der Waals surface area contributed by atoms with Crippen molar-refractivity contribution < 1.29 is 0 Å². The lowest BCUT2D eigenvalue weighted by Crippen LogP contribution is -2.67. The molecule has 222 valence electrons. The van der Waals surface area contributed by atoms with Gasteiger partial charge in [-0.2, -0.15) is 0 Å². The third-order valence-electron chi connectivity index (χ3n) is 16.2. The second-order valence-electron chi connectivity index (χ2n) is 18.9. The maximum Gasteiger partial charge on any atom is 0.509 e. The lowest BCUT2D eigenvalue weighted by atomic mass is 9.49. The fraction of sp³-hybridized carbons (Fsp3) is 0.941. The zero-order chi connectivity index (χ0) is 27.2. The monoisotopic (exact) mass is 680 g/mol. The van der Waals surface area contributed by atoms with E-state index < -0.39 is 17.3 Å². The lowest BCUT2D eigenvalue weighted by molar-refractivity contribution is -0.0506. The summed E-state index contributed by atoms with van der Waals surface area (Å²) in [5.41, 5.74) is 1.58. The zero-order valence-corrected chi connectivity index (χ0v) is 30.8. The van der Waals surface area contributed by atoms with Gasteiger partial charge in [-0.15, -0.1) is 0 Å². The second-order valence-corrected chi connectivity index (χ2v) is 38.3. The maximum atomic E-state index is 7.75. The van der Waals surface area contributed by atoms with Gasteiger partial charge in [-0.1, -0.05) is 8.20 Å². The minimum Gasteiger partial charge on any atom is -0.404 e. The Kier molecular flexibility index (Phi) is 5.57. The summed E-state index contributed by atoms with van der Waals surface area (Å²) in [6.07, 6.45) is 28.9. The van der Waals surface area contributed by atoms with Crippen LogP contribution in [-0.2, 0) is 0 Å². The van der Waals surface area contributed by atoms with Gasteiger partial charge in [-0.3, -0.25) is 0 Å². The van der Waals surface area contributed by atoms with Crippen LogP contribution in [0.2, 0.25) is 0 Å². The van der Waals surface area contributed by atoms with Gasteiger partial charge in [-0.05, 0) is 180 Å². The smallest absolute Gasteiger partial charge is 0.404 e. The minimum atomic E-state index is -3.35. The summed E-state index contributed by atoms with van der Waals surface area (Å²) in [6, 6.07) is 0. The Bertz CT molecular complexity index is 1190. The van der Waals surface area contributed by atoms with E-state index in [0.29, 0.717) is 16.2 Å². The molecule has 41 heavy (non-hydrogen) atoms. The van der Waals surface area contributed by atoms with E-state index in [-0.39, 0.29) is 3.76 Å². The zero-order valence-electron chi connectivity index (χ0n) is 24.7. The van der Waals surface area contributed by atoms with Crippen LogP contribution in [0, 0.1) is 69.5 Å². The van der Waals surface area contributed by atoms with Crippen molar-refractivity contribution >= 4 is 73.6 Å². The summed E-state index contributed by atoms with van der Waals surface area (Å²) >= 11 is 0. The van der Waals surface area contributed by atoms with Gasteiger partial charge in [0.15, 0.2) is 0 Å². The highest BCUT2D eigenvalue weighted by Crippen LogP contribution is 3.08. The summed E-state index contributed by atoms with van der Waals surface area (Å²) < 4.78 is 0.117. The molecular weight excluding hydrogens is 635 g/mol. The van der Waals surface area contributed by atoms with Crippen molar-refractivity contribution in [1.82, 2.24) is 0 Å². The first-order valence-corrected chi connectivity index (χ1v) is 28.0. The van der Waals surface area contributed by atoms with Gasteiger partial charge >= 0.3 is 10.3 Å². The fourth-order valence-electron chi connectivity index (χ4n) is 16.5. The summed E-state index contributed by atoms with van der Waals surface area (Å²) in [4.78, 5) is 0. The molecule has 0 aromatic rings. The molecule has 0 N–H and O–H groups in total. The average molecular weight is 682 g/mol. The number of hydrogen-bond donors (Lipinski definition) is 0. The summed E-state index contributed by atoms with van der Waals surface area (Å²) in [7, 11) is 23.4. The molecule has 7 heteroatoms. The van der Waals surface area contributed by atoms with Crippen molar-refractivity contribution in [2.45, 2.75) is 126 Å². The van der Waals surface area contributed by atoms with E-state index in [2.05, 4.69) is 10.1 Å². The first kappa shape index (κ1) is 27.2. The topological polar surface area (TPSA) is 0 Å². The standard InChI is InChI=1S/C34H47P3.Al.3ClH/c1-20-2-22-3-21(1)11-32(10-20,12-22)19-29-36-37(29)30(33-13-23-4-24(14-33)6-25(5-23)15-33)35-31(37)34-16-26-7-27(17-34)9-28(8-26)18-34;;;;/h20-28H,1-19H2;;3*1H/q+1;+2;;;/p-3. The molecule has 2 heterocycles. The first-order chi connectivity index (χ1) is 19.6. The molecule has 0 saturated heterocycles. The van der Waals surface area contributed by atoms with E-state index in [4.69, 9.17) is 30.1 Å². The Morgan fingerprint density at radius 3 is 1.39 bits per heavy atom. The van der Waals surface area contributed by atoms with Gasteiger partial charge in [0.1, 0.15) is 24.9 Å². The van der Waals surface area contributed by atoms with E-state index in [0.717, 1.165) is 53.3 Å². The van der Waals surface area contributed by atoms with Crippen LogP contribution in [0.5, 0.6) is 0 Å². The normalized spacial score (nSPS) is 62.7. The van der Waals surface area contributed by atoms with Gasteiger partial charge in [0.05, 0.1) is 3.76 Å².